The molecule has 0 unspecified atom stereocenters. The highest BCUT2D eigenvalue weighted by atomic mass is 35.5. The third kappa shape index (κ3) is 3.84. The number of benzene rings is 3. The van der Waals surface area contributed by atoms with Crippen molar-refractivity contribution < 1.29 is 19.4 Å². The summed E-state index contributed by atoms with van der Waals surface area (Å²) in [5.74, 6) is -0.789. The van der Waals surface area contributed by atoms with Crippen LogP contribution in [0.4, 0.5) is 0 Å². The number of nitrogens with zero attached hydrogens (tertiary/aromatic N) is 5. The van der Waals surface area contributed by atoms with Gasteiger partial charge in [-0.1, -0.05) is 35.9 Å². The Kier molecular flexibility index (Phi) is 5.57. The number of phenolic OH excluding ortho intramolecular Hbond substituents is 1. The fraction of sp³-hybridized carbons (Fsp3) is 0.107. The number of aromatic nitrogens is 3. The average Bonchev–Trinajstić information content (AvgIpc) is 3.37. The summed E-state index contributed by atoms with van der Waals surface area (Å²) in [6.07, 6.45) is 1.61. The van der Waals surface area contributed by atoms with E-state index in [-0.39, 0.29) is 23.6 Å². The number of para-hydroxylation sites is 1. The first-order valence-electron chi connectivity index (χ1n) is 11.7. The van der Waals surface area contributed by atoms with E-state index < -0.39 is 11.8 Å². The van der Waals surface area contributed by atoms with Gasteiger partial charge in [0.1, 0.15) is 12.1 Å². The number of amides is 2. The number of aromatic hydroxyl groups is 1. The number of carbonyl (C=O) groups excluding carboxylic acids is 2. The highest BCUT2D eigenvalue weighted by Crippen LogP contribution is 2.31. The summed E-state index contributed by atoms with van der Waals surface area (Å²) in [5.41, 5.74) is 4.50. The van der Waals surface area contributed by atoms with Gasteiger partial charge in [-0.3, -0.25) is 9.59 Å². The summed E-state index contributed by atoms with van der Waals surface area (Å²) in [5, 5.41) is 16.4. The van der Waals surface area contributed by atoms with Crippen LogP contribution < -0.4 is 4.74 Å². The summed E-state index contributed by atoms with van der Waals surface area (Å²) < 4.78 is 6.89. The Balaban J connectivity index is 1.37. The second-order valence-corrected chi connectivity index (χ2v) is 9.25. The zero-order valence-electron chi connectivity index (χ0n) is 20.3. The Morgan fingerprint density at radius 3 is 2.71 bits per heavy atom. The molecule has 0 saturated heterocycles. The lowest BCUT2D eigenvalue weighted by Crippen LogP contribution is -2.32. The van der Waals surface area contributed by atoms with Crippen molar-refractivity contribution in [1.82, 2.24) is 19.5 Å². The van der Waals surface area contributed by atoms with Crippen LogP contribution in [-0.2, 0) is 16.1 Å². The first kappa shape index (κ1) is 23.6. The zero-order valence-corrected chi connectivity index (χ0v) is 21.1. The van der Waals surface area contributed by atoms with Crippen LogP contribution in [0.15, 0.2) is 71.3 Å². The molecule has 5 aromatic rings. The van der Waals surface area contributed by atoms with E-state index in [1.165, 1.54) is 13.2 Å². The van der Waals surface area contributed by atoms with Crippen LogP contribution in [0.1, 0.15) is 12.5 Å². The second kappa shape index (κ2) is 8.97. The van der Waals surface area contributed by atoms with Gasteiger partial charge in [0.2, 0.25) is 0 Å². The van der Waals surface area contributed by atoms with Gasteiger partial charge in [-0.05, 0) is 55.0 Å². The summed E-state index contributed by atoms with van der Waals surface area (Å²) >= 11 is 6.16. The zero-order chi connectivity index (χ0) is 26.6. The fourth-order valence-electron chi connectivity index (χ4n) is 4.58. The Bertz CT molecular complexity index is 1870. The largest absolute Gasteiger partial charge is 0.504 e. The molecule has 1 aliphatic heterocycles. The SMILES string of the molecule is COc1cc(/C=C2/C(=O)N(C(=O)Cn3c4ccccc4c4nc5cc(Cl)ccc5nc43)N=C2C)ccc1O. The van der Waals surface area contributed by atoms with Crippen LogP contribution in [0.5, 0.6) is 11.5 Å². The molecule has 3 aromatic carbocycles. The van der Waals surface area contributed by atoms with E-state index in [1.807, 2.05) is 24.3 Å². The Morgan fingerprint density at radius 1 is 1.08 bits per heavy atom. The Labute approximate surface area is 221 Å². The molecule has 0 fully saturated rings. The highest BCUT2D eigenvalue weighted by Gasteiger charge is 2.33. The number of rotatable bonds is 4. The molecule has 0 radical (unpaired) electrons. The number of hydrazone groups is 1. The third-order valence-corrected chi connectivity index (χ3v) is 6.66. The van der Waals surface area contributed by atoms with Gasteiger partial charge in [-0.2, -0.15) is 10.1 Å². The molecule has 9 nitrogen and oxygen atoms in total. The van der Waals surface area contributed by atoms with Crippen molar-refractivity contribution in [3.05, 3.63) is 76.8 Å². The van der Waals surface area contributed by atoms with Crippen molar-refractivity contribution in [2.45, 2.75) is 13.5 Å². The Morgan fingerprint density at radius 2 is 1.89 bits per heavy atom. The van der Waals surface area contributed by atoms with Gasteiger partial charge in [0.05, 0.1) is 34.9 Å². The summed E-state index contributed by atoms with van der Waals surface area (Å²) in [4.78, 5) is 36.2. The molecule has 188 valence electrons. The number of hydrogen-bond acceptors (Lipinski definition) is 7. The van der Waals surface area contributed by atoms with Gasteiger partial charge in [0.25, 0.3) is 11.8 Å². The highest BCUT2D eigenvalue weighted by molar-refractivity contribution is 6.31. The number of halogens is 1. The van der Waals surface area contributed by atoms with Gasteiger partial charge >= 0.3 is 0 Å². The molecular weight excluding hydrogens is 506 g/mol. The predicted octanol–water partition coefficient (Wildman–Crippen LogP) is 4.93. The molecule has 1 N–H and O–H groups in total. The van der Waals surface area contributed by atoms with Crippen LogP contribution in [0.2, 0.25) is 5.02 Å². The third-order valence-electron chi connectivity index (χ3n) is 6.42. The predicted molar refractivity (Wildman–Crippen MR) is 145 cm³/mol. The van der Waals surface area contributed by atoms with Gasteiger partial charge in [0, 0.05) is 10.4 Å². The van der Waals surface area contributed by atoms with E-state index in [0.717, 1.165) is 15.9 Å². The number of ether oxygens (including phenoxy) is 1. The van der Waals surface area contributed by atoms with Crippen molar-refractivity contribution in [1.29, 1.82) is 0 Å². The van der Waals surface area contributed by atoms with Crippen LogP contribution in [-0.4, -0.2) is 49.3 Å². The minimum absolute atomic E-state index is 0.0141. The quantitative estimate of drug-likeness (QED) is 0.333. The van der Waals surface area contributed by atoms with Crippen molar-refractivity contribution in [2.24, 2.45) is 5.10 Å². The van der Waals surface area contributed by atoms with Crippen LogP contribution in [0.25, 0.3) is 39.2 Å². The maximum atomic E-state index is 13.4. The van der Waals surface area contributed by atoms with Crippen molar-refractivity contribution >= 4 is 68.3 Å². The lowest BCUT2D eigenvalue weighted by atomic mass is 10.1. The second-order valence-electron chi connectivity index (χ2n) is 8.82. The standard InChI is InChI=1S/C28H20ClN5O4/c1-15-19(11-16-7-10-23(35)24(12-16)38-2)28(37)34(32-15)25(36)14-33-22-6-4-3-5-18(22)26-27(33)31-20-9-8-17(29)13-21(20)30-26/h3-13,35H,14H2,1-2H3/b19-11+. The summed E-state index contributed by atoms with van der Waals surface area (Å²) in [6.45, 7) is 1.50. The molecule has 2 amide bonds. The molecule has 38 heavy (non-hydrogen) atoms. The normalized spacial score (nSPS) is 14.7. The number of fused-ring (bicyclic) bond motifs is 4. The summed E-state index contributed by atoms with van der Waals surface area (Å²) in [6, 6.07) is 17.5. The average molecular weight is 526 g/mol. The molecular formula is C28H20ClN5O4. The summed E-state index contributed by atoms with van der Waals surface area (Å²) in [7, 11) is 1.44. The number of carbonyl (C=O) groups is 2. The fourth-order valence-corrected chi connectivity index (χ4v) is 4.74. The van der Waals surface area contributed by atoms with Crippen molar-refractivity contribution in [2.75, 3.05) is 7.11 Å². The maximum absolute atomic E-state index is 13.4. The molecule has 0 saturated carbocycles. The van der Waals surface area contributed by atoms with Gasteiger partial charge < -0.3 is 14.4 Å². The van der Waals surface area contributed by atoms with Gasteiger partial charge in [0.15, 0.2) is 17.1 Å². The molecule has 0 atom stereocenters. The van der Waals surface area contributed by atoms with E-state index in [4.69, 9.17) is 26.3 Å². The monoisotopic (exact) mass is 525 g/mol. The number of imide groups is 1. The van der Waals surface area contributed by atoms with E-state index in [0.29, 0.717) is 38.5 Å². The molecule has 10 heteroatoms. The van der Waals surface area contributed by atoms with E-state index in [1.54, 1.807) is 47.9 Å². The molecule has 1 aliphatic rings. The van der Waals surface area contributed by atoms with E-state index in [2.05, 4.69) is 5.10 Å². The minimum atomic E-state index is -0.536. The lowest BCUT2D eigenvalue weighted by Gasteiger charge is -2.12. The van der Waals surface area contributed by atoms with E-state index in [9.17, 15) is 14.7 Å². The molecule has 6 rings (SSSR count). The number of hydrogen-bond donors (Lipinski definition) is 1. The van der Waals surface area contributed by atoms with Gasteiger partial charge in [-0.25, -0.2) is 9.97 Å². The smallest absolute Gasteiger partial charge is 0.283 e. The lowest BCUT2D eigenvalue weighted by molar-refractivity contribution is -0.141. The molecule has 2 aromatic heterocycles. The van der Waals surface area contributed by atoms with Crippen LogP contribution in [0, 0.1) is 0 Å². The first-order chi connectivity index (χ1) is 18.3. The minimum Gasteiger partial charge on any atom is -0.504 e. The van der Waals surface area contributed by atoms with Crippen LogP contribution >= 0.6 is 11.6 Å². The topological polar surface area (TPSA) is 110 Å². The van der Waals surface area contributed by atoms with E-state index >= 15 is 0 Å². The molecule has 0 aliphatic carbocycles. The molecule has 0 spiro atoms. The maximum Gasteiger partial charge on any atom is 0.283 e. The first-order valence-corrected chi connectivity index (χ1v) is 12.1. The number of methoxy groups -OCH3 is 1. The number of phenols is 1. The molecule has 3 heterocycles. The molecule has 0 bridgehead atoms. The van der Waals surface area contributed by atoms with Crippen LogP contribution in [0.3, 0.4) is 0 Å². The Hall–Kier alpha value is -4.76. The van der Waals surface area contributed by atoms with Gasteiger partial charge in [-0.15, -0.1) is 0 Å². The van der Waals surface area contributed by atoms with Crippen molar-refractivity contribution in [3.8, 4) is 11.5 Å². The van der Waals surface area contributed by atoms with Crippen molar-refractivity contribution in [3.63, 3.8) is 0 Å².